The summed E-state index contributed by atoms with van der Waals surface area (Å²) in [5, 5.41) is 0. The normalized spacial score (nSPS) is 12.2. The van der Waals surface area contributed by atoms with Gasteiger partial charge in [0.15, 0.2) is 0 Å². The average molecular weight is 381 g/mol. The Kier molecular flexibility index (Phi) is 4.30. The molecule has 0 spiro atoms. The summed E-state index contributed by atoms with van der Waals surface area (Å²) < 4.78 is 0. The van der Waals surface area contributed by atoms with Crippen molar-refractivity contribution in [1.29, 1.82) is 0 Å². The van der Waals surface area contributed by atoms with Gasteiger partial charge in [-0.3, -0.25) is 0 Å². The highest BCUT2D eigenvalue weighted by molar-refractivity contribution is 7.99. The van der Waals surface area contributed by atoms with Crippen LogP contribution in [0.2, 0.25) is 0 Å². The van der Waals surface area contributed by atoms with Gasteiger partial charge in [-0.1, -0.05) is 54.2 Å². The molecule has 1 heterocycles. The summed E-state index contributed by atoms with van der Waals surface area (Å²) >= 11 is 1.84. The molecule has 0 aliphatic carbocycles. The molecule has 0 amide bonds. The molecule has 3 heteroatoms. The van der Waals surface area contributed by atoms with E-state index in [0.29, 0.717) is 0 Å². The lowest BCUT2D eigenvalue weighted by Gasteiger charge is -2.33. The van der Waals surface area contributed by atoms with Gasteiger partial charge in [-0.2, -0.15) is 0 Å². The van der Waals surface area contributed by atoms with E-state index in [1.54, 1.807) is 0 Å². The Morgan fingerprint density at radius 2 is 1.07 bits per heavy atom. The van der Waals surface area contributed by atoms with E-state index in [-0.39, 0.29) is 0 Å². The van der Waals surface area contributed by atoms with Crippen LogP contribution in [-0.4, -0.2) is 7.05 Å². The molecular formula is C25H20N2S. The highest BCUT2D eigenvalue weighted by Gasteiger charge is 2.24. The van der Waals surface area contributed by atoms with Crippen LogP contribution < -0.4 is 9.80 Å². The van der Waals surface area contributed by atoms with Gasteiger partial charge in [0.25, 0.3) is 0 Å². The third kappa shape index (κ3) is 2.94. The molecule has 28 heavy (non-hydrogen) atoms. The molecule has 0 saturated carbocycles. The molecule has 2 nitrogen and oxygen atoms in total. The minimum absolute atomic E-state index is 1.17. The second-order valence-corrected chi connectivity index (χ2v) is 7.87. The van der Waals surface area contributed by atoms with E-state index in [9.17, 15) is 0 Å². The molecule has 0 saturated heterocycles. The monoisotopic (exact) mass is 380 g/mol. The number of hydrogen-bond donors (Lipinski definition) is 0. The largest absolute Gasteiger partial charge is 0.345 e. The van der Waals surface area contributed by atoms with Gasteiger partial charge >= 0.3 is 0 Å². The van der Waals surface area contributed by atoms with E-state index >= 15 is 0 Å². The maximum absolute atomic E-state index is 2.35. The zero-order chi connectivity index (χ0) is 18.9. The Labute approximate surface area is 170 Å². The summed E-state index contributed by atoms with van der Waals surface area (Å²) in [6.45, 7) is 0. The van der Waals surface area contributed by atoms with Crippen molar-refractivity contribution in [2.75, 3.05) is 16.8 Å². The van der Waals surface area contributed by atoms with Crippen molar-refractivity contribution in [2.45, 2.75) is 9.79 Å². The standard InChI is InChI=1S/C25H20N2S/c1-26(19-9-3-2-4-10-19)20-15-17-21(18-16-20)27-22-11-5-7-13-24(22)28-25-14-8-6-12-23(25)27/h2-18H,1H3. The summed E-state index contributed by atoms with van der Waals surface area (Å²) in [6.07, 6.45) is 0. The predicted octanol–water partition coefficient (Wildman–Crippen LogP) is 7.39. The Morgan fingerprint density at radius 3 is 1.68 bits per heavy atom. The van der Waals surface area contributed by atoms with Crippen molar-refractivity contribution in [3.05, 3.63) is 103 Å². The maximum atomic E-state index is 2.35. The second kappa shape index (κ2) is 7.10. The molecular weight excluding hydrogens is 360 g/mol. The minimum atomic E-state index is 1.17. The fourth-order valence-corrected chi connectivity index (χ4v) is 4.67. The van der Waals surface area contributed by atoms with Crippen LogP contribution in [-0.2, 0) is 0 Å². The first-order valence-electron chi connectivity index (χ1n) is 9.36. The number of para-hydroxylation sites is 3. The Balaban J connectivity index is 1.55. The molecule has 136 valence electrons. The van der Waals surface area contributed by atoms with Crippen molar-refractivity contribution in [1.82, 2.24) is 0 Å². The van der Waals surface area contributed by atoms with E-state index in [1.165, 1.54) is 38.2 Å². The van der Waals surface area contributed by atoms with Crippen LogP contribution in [0.3, 0.4) is 0 Å². The molecule has 5 rings (SSSR count). The van der Waals surface area contributed by atoms with E-state index in [2.05, 4.69) is 114 Å². The summed E-state index contributed by atoms with van der Waals surface area (Å²) in [6, 6.07) is 36.4. The Morgan fingerprint density at radius 1 is 0.571 bits per heavy atom. The van der Waals surface area contributed by atoms with Crippen molar-refractivity contribution in [3.63, 3.8) is 0 Å². The van der Waals surface area contributed by atoms with Gasteiger partial charge in [0, 0.05) is 33.9 Å². The third-order valence-electron chi connectivity index (χ3n) is 5.07. The van der Waals surface area contributed by atoms with Gasteiger partial charge in [-0.15, -0.1) is 0 Å². The number of anilines is 5. The number of nitrogens with zero attached hydrogens (tertiary/aromatic N) is 2. The van der Waals surface area contributed by atoms with Crippen LogP contribution in [0.1, 0.15) is 0 Å². The van der Waals surface area contributed by atoms with Crippen molar-refractivity contribution >= 4 is 40.2 Å². The lowest BCUT2D eigenvalue weighted by molar-refractivity contribution is 1.16. The predicted molar refractivity (Wildman–Crippen MR) is 120 cm³/mol. The van der Waals surface area contributed by atoms with Crippen molar-refractivity contribution in [3.8, 4) is 0 Å². The molecule has 0 aromatic heterocycles. The lowest BCUT2D eigenvalue weighted by atomic mass is 10.1. The first-order chi connectivity index (χ1) is 13.8. The zero-order valence-electron chi connectivity index (χ0n) is 15.6. The molecule has 1 aliphatic rings. The van der Waals surface area contributed by atoms with Crippen LogP contribution in [0, 0.1) is 0 Å². The smallest absolute Gasteiger partial charge is 0.0601 e. The van der Waals surface area contributed by atoms with Gasteiger partial charge < -0.3 is 9.80 Å². The van der Waals surface area contributed by atoms with E-state index in [4.69, 9.17) is 0 Å². The topological polar surface area (TPSA) is 6.48 Å². The van der Waals surface area contributed by atoms with Gasteiger partial charge in [0.05, 0.1) is 11.4 Å². The molecule has 0 atom stereocenters. The third-order valence-corrected chi connectivity index (χ3v) is 6.20. The number of fused-ring (bicyclic) bond motifs is 2. The molecule has 4 aromatic rings. The van der Waals surface area contributed by atoms with Gasteiger partial charge in [0.1, 0.15) is 0 Å². The molecule has 0 radical (unpaired) electrons. The van der Waals surface area contributed by atoms with Crippen LogP contribution in [0.15, 0.2) is 113 Å². The van der Waals surface area contributed by atoms with E-state index < -0.39 is 0 Å². The van der Waals surface area contributed by atoms with Crippen LogP contribution in [0.25, 0.3) is 0 Å². The zero-order valence-corrected chi connectivity index (χ0v) is 16.4. The first kappa shape index (κ1) is 17.0. The lowest BCUT2D eigenvalue weighted by Crippen LogP contribution is -2.15. The molecule has 0 unspecified atom stereocenters. The maximum Gasteiger partial charge on any atom is 0.0601 e. The summed E-state index contributed by atoms with van der Waals surface area (Å²) in [7, 11) is 2.10. The minimum Gasteiger partial charge on any atom is -0.345 e. The molecule has 0 bridgehead atoms. The molecule has 0 fully saturated rings. The Hall–Kier alpha value is -3.17. The van der Waals surface area contributed by atoms with E-state index in [0.717, 1.165) is 0 Å². The number of rotatable bonds is 3. The van der Waals surface area contributed by atoms with Gasteiger partial charge in [0.2, 0.25) is 0 Å². The van der Waals surface area contributed by atoms with Crippen LogP contribution >= 0.6 is 11.8 Å². The van der Waals surface area contributed by atoms with Crippen LogP contribution in [0.4, 0.5) is 28.4 Å². The van der Waals surface area contributed by atoms with Crippen molar-refractivity contribution in [2.24, 2.45) is 0 Å². The Bertz CT molecular complexity index is 1060. The van der Waals surface area contributed by atoms with Gasteiger partial charge in [-0.05, 0) is 60.7 Å². The molecule has 1 aliphatic heterocycles. The quantitative estimate of drug-likeness (QED) is 0.322. The average Bonchev–Trinajstić information content (AvgIpc) is 2.77. The summed E-state index contributed by atoms with van der Waals surface area (Å²) in [5.74, 6) is 0. The highest BCUT2D eigenvalue weighted by atomic mass is 32.2. The van der Waals surface area contributed by atoms with E-state index in [1.807, 2.05) is 17.8 Å². The number of benzene rings is 4. The fourth-order valence-electron chi connectivity index (χ4n) is 3.61. The first-order valence-corrected chi connectivity index (χ1v) is 10.2. The second-order valence-electron chi connectivity index (χ2n) is 6.78. The summed E-state index contributed by atoms with van der Waals surface area (Å²) in [5.41, 5.74) is 5.99. The number of hydrogen-bond acceptors (Lipinski definition) is 3. The van der Waals surface area contributed by atoms with Crippen molar-refractivity contribution < 1.29 is 0 Å². The molecule has 0 N–H and O–H groups in total. The fraction of sp³-hybridized carbons (Fsp3) is 0.0400. The highest BCUT2D eigenvalue weighted by Crippen LogP contribution is 2.51. The van der Waals surface area contributed by atoms with Crippen LogP contribution in [0.5, 0.6) is 0 Å². The SMILES string of the molecule is CN(c1ccccc1)c1ccc(N2c3ccccc3Sc3ccccc32)cc1. The molecule has 4 aromatic carbocycles. The summed E-state index contributed by atoms with van der Waals surface area (Å²) in [4.78, 5) is 7.13. The van der Waals surface area contributed by atoms with Gasteiger partial charge in [-0.25, -0.2) is 0 Å².